The first-order valence-electron chi connectivity index (χ1n) is 9.50. The predicted octanol–water partition coefficient (Wildman–Crippen LogP) is 0.639. The number of pyridine rings is 1. The highest BCUT2D eigenvalue weighted by Crippen LogP contribution is 2.44. The SMILES string of the molecule is CNC(=O)c1cc(C(=O)NC2C3COCC32)cn(Cc2cccc(OC)c2)c1=O. The van der Waals surface area contributed by atoms with Gasteiger partial charge in [0.2, 0.25) is 0 Å². The number of carbonyl (C=O) groups excluding carboxylic acids is 2. The fourth-order valence-corrected chi connectivity index (χ4v) is 3.83. The van der Waals surface area contributed by atoms with Gasteiger partial charge in [-0.3, -0.25) is 14.4 Å². The van der Waals surface area contributed by atoms with Crippen LogP contribution < -0.4 is 20.9 Å². The highest BCUT2D eigenvalue weighted by atomic mass is 16.5. The number of fused-ring (bicyclic) bond motifs is 1. The van der Waals surface area contributed by atoms with Crippen LogP contribution in [0.2, 0.25) is 0 Å². The van der Waals surface area contributed by atoms with Gasteiger partial charge < -0.3 is 24.7 Å². The largest absolute Gasteiger partial charge is 0.497 e. The van der Waals surface area contributed by atoms with Gasteiger partial charge in [0.15, 0.2) is 0 Å². The summed E-state index contributed by atoms with van der Waals surface area (Å²) in [6.07, 6.45) is 1.50. The molecule has 1 aliphatic carbocycles. The molecule has 1 saturated heterocycles. The third-order valence-electron chi connectivity index (χ3n) is 5.56. The van der Waals surface area contributed by atoms with E-state index in [1.165, 1.54) is 23.9 Å². The number of ether oxygens (including phenoxy) is 2. The Morgan fingerprint density at radius 2 is 1.97 bits per heavy atom. The molecule has 0 spiro atoms. The molecule has 1 aromatic carbocycles. The Morgan fingerprint density at radius 3 is 2.66 bits per heavy atom. The Balaban J connectivity index is 1.64. The van der Waals surface area contributed by atoms with E-state index < -0.39 is 11.5 Å². The second kappa shape index (κ2) is 7.71. The maximum atomic E-state index is 12.8. The molecule has 2 atom stereocenters. The van der Waals surface area contributed by atoms with Crippen molar-refractivity contribution in [3.05, 3.63) is 63.6 Å². The van der Waals surface area contributed by atoms with Crippen molar-refractivity contribution in [2.24, 2.45) is 11.8 Å². The van der Waals surface area contributed by atoms with Gasteiger partial charge in [-0.05, 0) is 23.8 Å². The lowest BCUT2D eigenvalue weighted by atomic mass is 10.1. The standard InChI is InChI=1S/C21H23N3O5/c1-22-20(26)15-7-13(19(25)23-18-16-10-29-11-17(16)18)9-24(21(15)27)8-12-4-3-5-14(6-12)28-2/h3-7,9,16-18H,8,10-11H2,1-2H3,(H,22,26)(H,23,25). The maximum Gasteiger partial charge on any atom is 0.263 e. The van der Waals surface area contributed by atoms with Crippen molar-refractivity contribution in [2.75, 3.05) is 27.4 Å². The van der Waals surface area contributed by atoms with Gasteiger partial charge in [-0.2, -0.15) is 0 Å². The van der Waals surface area contributed by atoms with Gasteiger partial charge in [0.25, 0.3) is 17.4 Å². The maximum absolute atomic E-state index is 12.8. The van der Waals surface area contributed by atoms with E-state index in [-0.39, 0.29) is 29.6 Å². The molecule has 2 aliphatic rings. The van der Waals surface area contributed by atoms with Crippen LogP contribution in [0.5, 0.6) is 5.75 Å². The van der Waals surface area contributed by atoms with Gasteiger partial charge in [-0.15, -0.1) is 0 Å². The van der Waals surface area contributed by atoms with Crippen molar-refractivity contribution in [3.63, 3.8) is 0 Å². The summed E-state index contributed by atoms with van der Waals surface area (Å²) < 4.78 is 12.0. The number of aromatic nitrogens is 1. The molecule has 1 aromatic heterocycles. The van der Waals surface area contributed by atoms with Crippen LogP contribution in [-0.4, -0.2) is 49.8 Å². The second-order valence-corrected chi connectivity index (χ2v) is 7.37. The lowest BCUT2D eigenvalue weighted by Gasteiger charge is -2.13. The highest BCUT2D eigenvalue weighted by molar-refractivity contribution is 5.99. The molecular weight excluding hydrogens is 374 g/mol. The van der Waals surface area contributed by atoms with Crippen LogP contribution in [-0.2, 0) is 11.3 Å². The Hall–Kier alpha value is -3.13. The normalized spacial score (nSPS) is 21.9. The molecule has 1 aliphatic heterocycles. The average molecular weight is 397 g/mol. The van der Waals surface area contributed by atoms with Gasteiger partial charge in [0.1, 0.15) is 11.3 Å². The molecule has 2 heterocycles. The number of amides is 2. The smallest absolute Gasteiger partial charge is 0.263 e. The Labute approximate surface area is 167 Å². The predicted molar refractivity (Wildman–Crippen MR) is 105 cm³/mol. The van der Waals surface area contributed by atoms with Crippen molar-refractivity contribution < 1.29 is 19.1 Å². The molecule has 0 radical (unpaired) electrons. The fraction of sp³-hybridized carbons (Fsp3) is 0.381. The molecule has 8 nitrogen and oxygen atoms in total. The quantitative estimate of drug-likeness (QED) is 0.745. The Kier molecular flexibility index (Phi) is 5.10. The summed E-state index contributed by atoms with van der Waals surface area (Å²) >= 11 is 0. The van der Waals surface area contributed by atoms with E-state index in [9.17, 15) is 14.4 Å². The lowest BCUT2D eigenvalue weighted by molar-refractivity contribution is 0.0928. The zero-order chi connectivity index (χ0) is 20.5. The second-order valence-electron chi connectivity index (χ2n) is 7.37. The first kappa shape index (κ1) is 19.2. The molecule has 2 unspecified atom stereocenters. The number of benzene rings is 1. The van der Waals surface area contributed by atoms with Crippen LogP contribution in [0, 0.1) is 11.8 Å². The molecular formula is C21H23N3O5. The van der Waals surface area contributed by atoms with E-state index >= 15 is 0 Å². The molecule has 1 saturated carbocycles. The van der Waals surface area contributed by atoms with Crippen molar-refractivity contribution in [1.82, 2.24) is 15.2 Å². The first-order valence-corrected chi connectivity index (χ1v) is 9.50. The summed E-state index contributed by atoms with van der Waals surface area (Å²) in [4.78, 5) is 37.8. The van der Waals surface area contributed by atoms with Gasteiger partial charge in [-0.1, -0.05) is 12.1 Å². The van der Waals surface area contributed by atoms with Crippen LogP contribution in [0.15, 0.2) is 41.3 Å². The average Bonchev–Trinajstić information content (AvgIpc) is 3.14. The zero-order valence-corrected chi connectivity index (χ0v) is 16.3. The Bertz CT molecular complexity index is 1010. The highest BCUT2D eigenvalue weighted by Gasteiger charge is 2.54. The number of nitrogens with one attached hydrogen (secondary N) is 2. The molecule has 8 heteroatoms. The van der Waals surface area contributed by atoms with Gasteiger partial charge >= 0.3 is 0 Å². The third kappa shape index (κ3) is 3.75. The van der Waals surface area contributed by atoms with E-state index in [0.29, 0.717) is 30.8 Å². The molecule has 0 bridgehead atoms. The number of carbonyl (C=O) groups is 2. The summed E-state index contributed by atoms with van der Waals surface area (Å²) in [5, 5.41) is 5.46. The molecule has 2 amide bonds. The van der Waals surface area contributed by atoms with E-state index in [4.69, 9.17) is 9.47 Å². The molecule has 2 aromatic rings. The van der Waals surface area contributed by atoms with Crippen LogP contribution in [0.4, 0.5) is 0 Å². The van der Waals surface area contributed by atoms with Gasteiger partial charge in [0.05, 0.1) is 32.4 Å². The Morgan fingerprint density at radius 1 is 1.21 bits per heavy atom. The molecule has 2 fully saturated rings. The van der Waals surface area contributed by atoms with Gasteiger partial charge in [0, 0.05) is 31.1 Å². The molecule has 4 rings (SSSR count). The van der Waals surface area contributed by atoms with Crippen LogP contribution in [0.3, 0.4) is 0 Å². The molecule has 29 heavy (non-hydrogen) atoms. The summed E-state index contributed by atoms with van der Waals surface area (Å²) in [5.41, 5.74) is 0.570. The van der Waals surface area contributed by atoms with E-state index in [2.05, 4.69) is 10.6 Å². The van der Waals surface area contributed by atoms with Crippen LogP contribution in [0.25, 0.3) is 0 Å². The minimum atomic E-state index is -0.527. The van der Waals surface area contributed by atoms with Gasteiger partial charge in [-0.25, -0.2) is 0 Å². The molecule has 2 N–H and O–H groups in total. The first-order chi connectivity index (χ1) is 14.0. The third-order valence-corrected chi connectivity index (χ3v) is 5.56. The topological polar surface area (TPSA) is 98.7 Å². The summed E-state index contributed by atoms with van der Waals surface area (Å²) in [6, 6.07) is 8.74. The van der Waals surface area contributed by atoms with Crippen molar-refractivity contribution in [1.29, 1.82) is 0 Å². The summed E-state index contributed by atoms with van der Waals surface area (Å²) in [7, 11) is 3.02. The fourth-order valence-electron chi connectivity index (χ4n) is 3.83. The zero-order valence-electron chi connectivity index (χ0n) is 16.3. The van der Waals surface area contributed by atoms with Crippen LogP contribution >= 0.6 is 0 Å². The van der Waals surface area contributed by atoms with Crippen molar-refractivity contribution >= 4 is 11.8 Å². The van der Waals surface area contributed by atoms with E-state index in [0.717, 1.165) is 5.56 Å². The minimum absolute atomic E-state index is 0.0672. The number of hydrogen-bond acceptors (Lipinski definition) is 5. The number of nitrogens with zero attached hydrogens (tertiary/aromatic N) is 1. The van der Waals surface area contributed by atoms with Crippen LogP contribution in [0.1, 0.15) is 26.3 Å². The summed E-state index contributed by atoms with van der Waals surface area (Å²) in [5.74, 6) is 0.563. The monoisotopic (exact) mass is 397 g/mol. The lowest BCUT2D eigenvalue weighted by Crippen LogP contribution is -2.35. The summed E-state index contributed by atoms with van der Waals surface area (Å²) in [6.45, 7) is 1.53. The molecule has 152 valence electrons. The van der Waals surface area contributed by atoms with Crippen molar-refractivity contribution in [2.45, 2.75) is 12.6 Å². The minimum Gasteiger partial charge on any atom is -0.497 e. The van der Waals surface area contributed by atoms with E-state index in [1.807, 2.05) is 24.3 Å². The van der Waals surface area contributed by atoms with Crippen molar-refractivity contribution in [3.8, 4) is 5.75 Å². The number of rotatable bonds is 6. The number of hydrogen-bond donors (Lipinski definition) is 2. The van der Waals surface area contributed by atoms with E-state index in [1.54, 1.807) is 7.11 Å². The number of methoxy groups -OCH3 is 1.